The van der Waals surface area contributed by atoms with Gasteiger partial charge < -0.3 is 10.6 Å². The predicted octanol–water partition coefficient (Wildman–Crippen LogP) is 3.13. The van der Waals surface area contributed by atoms with E-state index in [1.54, 1.807) is 12.1 Å². The summed E-state index contributed by atoms with van der Waals surface area (Å²) in [5, 5.41) is 9.18. The molecular formula is C17H22Cl2FN3OS. The summed E-state index contributed by atoms with van der Waals surface area (Å²) in [4.78, 5) is 16.5. The third-order valence-electron chi connectivity index (χ3n) is 3.92. The molecule has 2 aromatic rings. The summed E-state index contributed by atoms with van der Waals surface area (Å²) in [7, 11) is 0. The van der Waals surface area contributed by atoms with E-state index in [9.17, 15) is 9.18 Å². The average Bonchev–Trinajstić information content (AvgIpc) is 3.20. The maximum Gasteiger partial charge on any atom is 0.226 e. The highest BCUT2D eigenvalue weighted by molar-refractivity contribution is 7.09. The molecule has 1 aromatic carbocycles. The molecule has 1 aromatic heterocycles. The minimum absolute atomic E-state index is 0. The van der Waals surface area contributed by atoms with Gasteiger partial charge >= 0.3 is 0 Å². The van der Waals surface area contributed by atoms with Crippen LogP contribution in [0.3, 0.4) is 0 Å². The zero-order chi connectivity index (χ0) is 16.1. The van der Waals surface area contributed by atoms with Crippen LogP contribution in [0.1, 0.15) is 29.1 Å². The van der Waals surface area contributed by atoms with Crippen LogP contribution in [-0.4, -0.2) is 30.0 Å². The second-order valence-electron chi connectivity index (χ2n) is 5.81. The number of rotatable bonds is 6. The fraction of sp³-hybridized carbons (Fsp3) is 0.412. The van der Waals surface area contributed by atoms with Crippen molar-refractivity contribution in [2.75, 3.05) is 13.1 Å². The molecule has 25 heavy (non-hydrogen) atoms. The first-order chi connectivity index (χ1) is 11.2. The molecule has 2 N–H and O–H groups in total. The van der Waals surface area contributed by atoms with E-state index < -0.39 is 0 Å². The smallest absolute Gasteiger partial charge is 0.226 e. The van der Waals surface area contributed by atoms with Crippen LogP contribution in [0.25, 0.3) is 0 Å². The summed E-state index contributed by atoms with van der Waals surface area (Å²) >= 11 is 1.54. The lowest BCUT2D eigenvalue weighted by atomic mass is 10.1. The number of aromatic nitrogens is 1. The summed E-state index contributed by atoms with van der Waals surface area (Å²) in [5.74, 6) is -0.223. The van der Waals surface area contributed by atoms with Gasteiger partial charge in [-0.2, -0.15) is 0 Å². The van der Waals surface area contributed by atoms with Crippen molar-refractivity contribution in [2.45, 2.75) is 31.7 Å². The van der Waals surface area contributed by atoms with Crippen LogP contribution in [0.2, 0.25) is 0 Å². The first-order valence-electron chi connectivity index (χ1n) is 7.87. The lowest BCUT2D eigenvalue weighted by molar-refractivity contribution is -0.120. The van der Waals surface area contributed by atoms with E-state index >= 15 is 0 Å². The molecule has 2 heterocycles. The van der Waals surface area contributed by atoms with Gasteiger partial charge in [-0.1, -0.05) is 12.1 Å². The molecule has 1 saturated heterocycles. The summed E-state index contributed by atoms with van der Waals surface area (Å²) in [6.45, 7) is 1.73. The number of nitrogens with one attached hydrogen (secondary N) is 2. The number of amides is 1. The van der Waals surface area contributed by atoms with Gasteiger partial charge in [0, 0.05) is 24.4 Å². The van der Waals surface area contributed by atoms with Crippen LogP contribution in [0.5, 0.6) is 0 Å². The zero-order valence-corrected chi connectivity index (χ0v) is 16.1. The van der Waals surface area contributed by atoms with Crippen molar-refractivity contribution in [1.29, 1.82) is 0 Å². The SMILES string of the molecule is Cl.Cl.O=C(Cc1csc(Cc2ccc(F)cc2)n1)NCC1CCCN1. The Hall–Kier alpha value is -1.21. The van der Waals surface area contributed by atoms with Crippen LogP contribution in [0, 0.1) is 5.82 Å². The van der Waals surface area contributed by atoms with E-state index in [1.165, 1.54) is 29.9 Å². The summed E-state index contributed by atoms with van der Waals surface area (Å²) in [6, 6.07) is 6.83. The number of hydrogen-bond donors (Lipinski definition) is 2. The van der Waals surface area contributed by atoms with Crippen molar-refractivity contribution in [3.8, 4) is 0 Å². The number of benzene rings is 1. The quantitative estimate of drug-likeness (QED) is 0.775. The van der Waals surface area contributed by atoms with Crippen LogP contribution in [0.15, 0.2) is 29.6 Å². The number of hydrogen-bond acceptors (Lipinski definition) is 4. The Kier molecular flexibility index (Phi) is 9.35. The third kappa shape index (κ3) is 6.90. The van der Waals surface area contributed by atoms with E-state index in [-0.39, 0.29) is 36.5 Å². The molecular weight excluding hydrogens is 384 g/mol. The van der Waals surface area contributed by atoms with Crippen molar-refractivity contribution < 1.29 is 9.18 Å². The predicted molar refractivity (Wildman–Crippen MR) is 104 cm³/mol. The van der Waals surface area contributed by atoms with Crippen molar-refractivity contribution >= 4 is 42.1 Å². The maximum absolute atomic E-state index is 12.9. The van der Waals surface area contributed by atoms with Gasteiger partial charge in [-0.05, 0) is 37.1 Å². The van der Waals surface area contributed by atoms with Crippen molar-refractivity contribution in [3.63, 3.8) is 0 Å². The number of nitrogens with zero attached hydrogens (tertiary/aromatic N) is 1. The maximum atomic E-state index is 12.9. The van der Waals surface area contributed by atoms with E-state index in [0.717, 1.165) is 29.2 Å². The fourth-order valence-corrected chi connectivity index (χ4v) is 3.51. The molecule has 138 valence electrons. The van der Waals surface area contributed by atoms with E-state index in [4.69, 9.17) is 0 Å². The van der Waals surface area contributed by atoms with Gasteiger partial charge in [0.15, 0.2) is 0 Å². The average molecular weight is 406 g/mol. The highest BCUT2D eigenvalue weighted by Gasteiger charge is 2.15. The molecule has 8 heteroatoms. The Morgan fingerprint density at radius 1 is 1.32 bits per heavy atom. The molecule has 0 spiro atoms. The van der Waals surface area contributed by atoms with Crippen LogP contribution in [0.4, 0.5) is 4.39 Å². The van der Waals surface area contributed by atoms with Gasteiger partial charge in [-0.25, -0.2) is 9.37 Å². The highest BCUT2D eigenvalue weighted by Crippen LogP contribution is 2.15. The largest absolute Gasteiger partial charge is 0.354 e. The topological polar surface area (TPSA) is 54.0 Å². The monoisotopic (exact) mass is 405 g/mol. The molecule has 4 nitrogen and oxygen atoms in total. The molecule has 0 bridgehead atoms. The Labute approximate surface area is 163 Å². The summed E-state index contributed by atoms with van der Waals surface area (Å²) < 4.78 is 12.9. The normalized spacial score (nSPS) is 16.0. The molecule has 1 aliphatic heterocycles. The molecule has 0 aliphatic carbocycles. The molecule has 3 rings (SSSR count). The Balaban J connectivity index is 0.00000156. The molecule has 1 aliphatic rings. The lowest BCUT2D eigenvalue weighted by Crippen LogP contribution is -2.37. The van der Waals surface area contributed by atoms with E-state index in [1.807, 2.05) is 5.38 Å². The Bertz CT molecular complexity index is 660. The van der Waals surface area contributed by atoms with Gasteiger partial charge in [0.1, 0.15) is 5.82 Å². The van der Waals surface area contributed by atoms with Crippen LogP contribution >= 0.6 is 36.2 Å². The number of carbonyl (C=O) groups excluding carboxylic acids is 1. The van der Waals surface area contributed by atoms with Gasteiger partial charge in [-0.3, -0.25) is 4.79 Å². The lowest BCUT2D eigenvalue weighted by Gasteiger charge is -2.10. The number of thiazole rings is 1. The molecule has 1 atom stereocenters. The summed E-state index contributed by atoms with van der Waals surface area (Å²) in [6.07, 6.45) is 3.28. The van der Waals surface area contributed by atoms with E-state index in [2.05, 4.69) is 15.6 Å². The van der Waals surface area contributed by atoms with E-state index in [0.29, 0.717) is 25.4 Å². The first kappa shape index (κ1) is 21.8. The molecule has 1 unspecified atom stereocenters. The van der Waals surface area contributed by atoms with Crippen LogP contribution in [-0.2, 0) is 17.6 Å². The number of halogens is 3. The van der Waals surface area contributed by atoms with Crippen LogP contribution < -0.4 is 10.6 Å². The standard InChI is InChI=1S/C17H20FN3OS.2ClH/c18-13-5-3-12(4-6-13)8-17-21-15(11-23-17)9-16(22)20-10-14-2-1-7-19-14;;/h3-6,11,14,19H,1-2,7-10H2,(H,20,22);2*1H. The highest BCUT2D eigenvalue weighted by atomic mass is 35.5. The second kappa shape index (κ2) is 10.7. The summed E-state index contributed by atoms with van der Waals surface area (Å²) in [5.41, 5.74) is 1.81. The molecule has 1 amide bonds. The number of carbonyl (C=O) groups is 1. The molecule has 0 saturated carbocycles. The van der Waals surface area contributed by atoms with Gasteiger partial charge in [0.05, 0.1) is 17.1 Å². The Morgan fingerprint density at radius 3 is 2.76 bits per heavy atom. The first-order valence-corrected chi connectivity index (χ1v) is 8.75. The fourth-order valence-electron chi connectivity index (χ4n) is 2.68. The van der Waals surface area contributed by atoms with Gasteiger partial charge in [-0.15, -0.1) is 36.2 Å². The molecule has 1 fully saturated rings. The minimum atomic E-state index is -0.234. The van der Waals surface area contributed by atoms with Gasteiger partial charge in [0.2, 0.25) is 5.91 Å². The second-order valence-corrected chi connectivity index (χ2v) is 6.75. The van der Waals surface area contributed by atoms with Crippen molar-refractivity contribution in [1.82, 2.24) is 15.6 Å². The van der Waals surface area contributed by atoms with Crippen molar-refractivity contribution in [2.24, 2.45) is 0 Å². The van der Waals surface area contributed by atoms with Gasteiger partial charge in [0.25, 0.3) is 0 Å². The zero-order valence-electron chi connectivity index (χ0n) is 13.7. The Morgan fingerprint density at radius 2 is 2.08 bits per heavy atom. The molecule has 0 radical (unpaired) electrons. The third-order valence-corrected chi connectivity index (χ3v) is 4.82. The van der Waals surface area contributed by atoms with Crippen molar-refractivity contribution in [3.05, 3.63) is 51.7 Å². The minimum Gasteiger partial charge on any atom is -0.354 e.